The Morgan fingerprint density at radius 1 is 1.09 bits per heavy atom. The van der Waals surface area contributed by atoms with Gasteiger partial charge in [0, 0.05) is 0 Å². The maximum absolute atomic E-state index is 12.0. The van der Waals surface area contributed by atoms with Crippen molar-refractivity contribution in [3.8, 4) is 5.75 Å². The Kier molecular flexibility index (Phi) is 6.63. The van der Waals surface area contributed by atoms with Crippen LogP contribution < -0.4 is 4.43 Å². The second-order valence-electron chi connectivity index (χ2n) is 6.86. The molecule has 0 aliphatic carbocycles. The summed E-state index contributed by atoms with van der Waals surface area (Å²) in [5.41, 5.74) is 2.68. The van der Waals surface area contributed by atoms with Crippen LogP contribution in [0.4, 0.5) is 0 Å². The first-order valence-electron chi connectivity index (χ1n) is 8.24. The molecule has 128 valence electrons. The molecule has 0 unspecified atom stereocenters. The van der Waals surface area contributed by atoms with Gasteiger partial charge < -0.3 is 9.16 Å². The van der Waals surface area contributed by atoms with Crippen LogP contribution in [0, 0.1) is 0 Å². The predicted molar refractivity (Wildman–Crippen MR) is 99.5 cm³/mol. The van der Waals surface area contributed by atoms with Gasteiger partial charge in [-0.15, -0.1) is 0 Å². The van der Waals surface area contributed by atoms with Crippen molar-refractivity contribution in [2.45, 2.75) is 58.2 Å². The van der Waals surface area contributed by atoms with E-state index in [9.17, 15) is 4.79 Å². The largest absolute Gasteiger partial charge is 0.543 e. The molecule has 0 aliphatic heterocycles. The normalized spacial score (nSPS) is 11.9. The first-order chi connectivity index (χ1) is 10.7. The van der Waals surface area contributed by atoms with E-state index in [-0.39, 0.29) is 5.97 Å². The molecule has 0 aliphatic rings. The van der Waals surface area contributed by atoms with E-state index in [1.165, 1.54) is 7.11 Å². The molecule has 4 heteroatoms. The van der Waals surface area contributed by atoms with Crippen LogP contribution in [-0.2, 0) is 4.74 Å². The molecule has 0 saturated heterocycles. The van der Waals surface area contributed by atoms with Gasteiger partial charge in [0.05, 0.1) is 12.7 Å². The van der Waals surface area contributed by atoms with E-state index in [2.05, 4.69) is 48.1 Å². The number of benzene rings is 1. The summed E-state index contributed by atoms with van der Waals surface area (Å²) in [5.74, 6) is 0.384. The summed E-state index contributed by atoms with van der Waals surface area (Å²) in [7, 11) is -0.655. The monoisotopic (exact) mass is 334 g/mol. The first kappa shape index (κ1) is 19.5. The summed E-state index contributed by atoms with van der Waals surface area (Å²) >= 11 is 0. The lowest BCUT2D eigenvalue weighted by Crippen LogP contribution is -2.50. The Morgan fingerprint density at radius 3 is 2.00 bits per heavy atom. The molecule has 0 saturated carbocycles. The highest BCUT2D eigenvalue weighted by molar-refractivity contribution is 6.78. The number of hydrogen-bond acceptors (Lipinski definition) is 3. The Labute approximate surface area is 141 Å². The summed E-state index contributed by atoms with van der Waals surface area (Å²) < 4.78 is 11.5. The van der Waals surface area contributed by atoms with Crippen molar-refractivity contribution < 1.29 is 14.0 Å². The molecule has 1 rings (SSSR count). The molecule has 0 amide bonds. The van der Waals surface area contributed by atoms with Gasteiger partial charge in [-0.1, -0.05) is 60.3 Å². The van der Waals surface area contributed by atoms with E-state index in [0.717, 1.165) is 11.3 Å². The van der Waals surface area contributed by atoms with Gasteiger partial charge in [0.15, 0.2) is 0 Å². The van der Waals surface area contributed by atoms with Gasteiger partial charge in [-0.2, -0.15) is 0 Å². The van der Waals surface area contributed by atoms with Crippen molar-refractivity contribution in [1.82, 2.24) is 0 Å². The molecule has 0 radical (unpaired) electrons. The second kappa shape index (κ2) is 7.82. The van der Waals surface area contributed by atoms with Crippen molar-refractivity contribution >= 4 is 20.4 Å². The molecule has 3 nitrogen and oxygen atoms in total. The molecule has 0 aromatic heterocycles. The number of carbonyl (C=O) groups is 1. The highest BCUT2D eigenvalue weighted by atomic mass is 28.4. The Bertz CT molecular complexity index is 540. The first-order valence-corrected chi connectivity index (χ1v) is 10.4. The van der Waals surface area contributed by atoms with Crippen LogP contribution in [0.5, 0.6) is 5.75 Å². The third-order valence-corrected chi connectivity index (χ3v) is 10.7. The molecular formula is C19H30O3Si. The Hall–Kier alpha value is -1.55. The fraction of sp³-hybridized carbons (Fsp3) is 0.526. The summed E-state index contributed by atoms with van der Waals surface area (Å²) in [6.07, 6.45) is 1.66. The van der Waals surface area contributed by atoms with E-state index in [1.54, 1.807) is 12.1 Å². The van der Waals surface area contributed by atoms with E-state index >= 15 is 0 Å². The summed E-state index contributed by atoms with van der Waals surface area (Å²) in [6.45, 7) is 17.2. The molecule has 0 spiro atoms. The van der Waals surface area contributed by atoms with Gasteiger partial charge in [0.25, 0.3) is 8.32 Å². The number of methoxy groups -OCH3 is 1. The van der Waals surface area contributed by atoms with Gasteiger partial charge in [0.2, 0.25) is 0 Å². The summed E-state index contributed by atoms with van der Waals surface area (Å²) in [4.78, 5) is 12.0. The Balaban J connectivity index is 3.35. The molecule has 0 fully saturated rings. The minimum absolute atomic E-state index is 0.365. The van der Waals surface area contributed by atoms with Crippen molar-refractivity contribution in [3.05, 3.63) is 35.9 Å². The molecular weight excluding hydrogens is 304 g/mol. The van der Waals surface area contributed by atoms with Crippen molar-refractivity contribution in [2.24, 2.45) is 0 Å². The van der Waals surface area contributed by atoms with Crippen LogP contribution >= 0.6 is 0 Å². The third-order valence-electron chi connectivity index (χ3n) is 4.65. The van der Waals surface area contributed by atoms with Crippen LogP contribution in [0.25, 0.3) is 6.08 Å². The van der Waals surface area contributed by atoms with Gasteiger partial charge in [0.1, 0.15) is 5.75 Å². The minimum Gasteiger partial charge on any atom is -0.543 e. The van der Waals surface area contributed by atoms with E-state index in [4.69, 9.17) is 9.16 Å². The minimum atomic E-state index is -2.04. The Morgan fingerprint density at radius 2 is 1.61 bits per heavy atom. The fourth-order valence-electron chi connectivity index (χ4n) is 3.62. The van der Waals surface area contributed by atoms with Gasteiger partial charge >= 0.3 is 5.97 Å². The van der Waals surface area contributed by atoms with Crippen LogP contribution in [0.2, 0.25) is 16.6 Å². The van der Waals surface area contributed by atoms with E-state index in [1.807, 2.05) is 12.1 Å². The lowest BCUT2D eigenvalue weighted by Gasteiger charge is -2.42. The van der Waals surface area contributed by atoms with Gasteiger partial charge in [-0.3, -0.25) is 0 Å². The average Bonchev–Trinajstić information content (AvgIpc) is 2.50. The SMILES string of the molecule is C=Cc1ccc(O[Si](C(C)C)(C(C)C)C(C)C)cc1C(=O)OC. The zero-order valence-electron chi connectivity index (χ0n) is 15.5. The molecule has 0 atom stereocenters. The quantitative estimate of drug-likeness (QED) is 0.476. The number of carbonyl (C=O) groups excluding carboxylic acids is 1. The lowest BCUT2D eigenvalue weighted by molar-refractivity contribution is 0.0600. The topological polar surface area (TPSA) is 35.5 Å². The summed E-state index contributed by atoms with van der Waals surface area (Å²) in [6, 6.07) is 5.59. The maximum Gasteiger partial charge on any atom is 0.338 e. The van der Waals surface area contributed by atoms with Crippen LogP contribution in [0.3, 0.4) is 0 Å². The summed E-state index contributed by atoms with van der Waals surface area (Å²) in [5, 5.41) is 0. The highest BCUT2D eigenvalue weighted by Gasteiger charge is 2.47. The second-order valence-corrected chi connectivity index (χ2v) is 12.2. The molecule has 0 bridgehead atoms. The standard InChI is InChI=1S/C19H30O3Si/c1-9-16-10-11-17(12-18(16)19(20)21-8)22-23(13(2)3,14(4)5)15(6)7/h9-15H,1H2,2-8H3. The third kappa shape index (κ3) is 3.86. The van der Waals surface area contributed by atoms with Crippen LogP contribution in [0.15, 0.2) is 24.8 Å². The zero-order valence-corrected chi connectivity index (χ0v) is 16.5. The van der Waals surface area contributed by atoms with E-state index < -0.39 is 8.32 Å². The highest BCUT2D eigenvalue weighted by Crippen LogP contribution is 2.43. The molecule has 0 heterocycles. The van der Waals surface area contributed by atoms with Crippen molar-refractivity contribution in [1.29, 1.82) is 0 Å². The van der Waals surface area contributed by atoms with E-state index in [0.29, 0.717) is 22.2 Å². The van der Waals surface area contributed by atoms with Crippen LogP contribution in [-0.4, -0.2) is 21.4 Å². The number of ether oxygens (including phenoxy) is 1. The fourth-order valence-corrected chi connectivity index (χ4v) is 8.86. The van der Waals surface area contributed by atoms with Crippen LogP contribution in [0.1, 0.15) is 57.5 Å². The smallest absolute Gasteiger partial charge is 0.338 e. The van der Waals surface area contributed by atoms with Crippen molar-refractivity contribution in [2.75, 3.05) is 7.11 Å². The lowest BCUT2D eigenvalue weighted by atomic mass is 10.1. The number of hydrogen-bond donors (Lipinski definition) is 0. The number of esters is 1. The average molecular weight is 335 g/mol. The molecule has 0 N–H and O–H groups in total. The van der Waals surface area contributed by atoms with Crippen molar-refractivity contribution in [3.63, 3.8) is 0 Å². The van der Waals surface area contributed by atoms with Gasteiger partial charge in [-0.05, 0) is 34.3 Å². The molecule has 23 heavy (non-hydrogen) atoms. The maximum atomic E-state index is 12.0. The zero-order chi connectivity index (χ0) is 17.8. The number of rotatable bonds is 7. The molecule has 1 aromatic rings. The predicted octanol–water partition coefficient (Wildman–Crippen LogP) is 5.67. The molecule has 1 aromatic carbocycles. The van der Waals surface area contributed by atoms with Gasteiger partial charge in [-0.25, -0.2) is 4.79 Å².